The number of aryl methyl sites for hydroxylation is 5. The minimum atomic E-state index is -3.86. The van der Waals surface area contributed by atoms with Crippen molar-refractivity contribution < 1.29 is 17.9 Å². The van der Waals surface area contributed by atoms with E-state index in [0.29, 0.717) is 24.4 Å². The molecule has 0 atom stereocenters. The van der Waals surface area contributed by atoms with Crippen molar-refractivity contribution in [3.8, 4) is 5.75 Å². The predicted octanol–water partition coefficient (Wildman–Crippen LogP) is 4.84. The number of carbonyl (C=O) groups is 1. The van der Waals surface area contributed by atoms with Crippen LogP contribution in [0.4, 0.5) is 5.69 Å². The van der Waals surface area contributed by atoms with E-state index in [9.17, 15) is 13.2 Å². The Bertz CT molecular complexity index is 1280. The van der Waals surface area contributed by atoms with Crippen molar-refractivity contribution in [3.63, 3.8) is 0 Å². The lowest BCUT2D eigenvalue weighted by molar-refractivity contribution is 0.0946. The fourth-order valence-electron chi connectivity index (χ4n) is 3.32. The number of carbonyl (C=O) groups excluding carboxylic acids is 1. The van der Waals surface area contributed by atoms with Crippen molar-refractivity contribution in [3.05, 3.63) is 88.0 Å². The molecule has 7 heteroatoms. The summed E-state index contributed by atoms with van der Waals surface area (Å²) in [6.45, 7) is 10.1. The molecule has 3 aromatic rings. The van der Waals surface area contributed by atoms with Crippen LogP contribution >= 0.6 is 0 Å². The van der Waals surface area contributed by atoms with Crippen LogP contribution in [0.2, 0.25) is 0 Å². The summed E-state index contributed by atoms with van der Waals surface area (Å²) < 4.78 is 34.5. The van der Waals surface area contributed by atoms with Gasteiger partial charge in [0.15, 0.2) is 0 Å². The number of benzene rings is 3. The summed E-state index contributed by atoms with van der Waals surface area (Å²) in [5.41, 5.74) is 5.45. The minimum Gasteiger partial charge on any atom is -0.492 e. The molecule has 0 aliphatic carbocycles. The number of sulfonamides is 1. The van der Waals surface area contributed by atoms with Crippen LogP contribution in [0.3, 0.4) is 0 Å². The molecule has 0 aromatic heterocycles. The summed E-state index contributed by atoms with van der Waals surface area (Å²) in [6, 6.07) is 16.1. The smallest absolute Gasteiger partial charge is 0.262 e. The Morgan fingerprint density at radius 3 is 2.24 bits per heavy atom. The Kier molecular flexibility index (Phi) is 7.43. The fourth-order valence-corrected chi connectivity index (χ4v) is 4.71. The van der Waals surface area contributed by atoms with Crippen LogP contribution in [0.15, 0.2) is 59.5 Å². The molecule has 0 unspecified atom stereocenters. The molecule has 6 nitrogen and oxygen atoms in total. The minimum absolute atomic E-state index is 0.0717. The van der Waals surface area contributed by atoms with Gasteiger partial charge in [-0.1, -0.05) is 24.3 Å². The van der Waals surface area contributed by atoms with Crippen LogP contribution in [0, 0.1) is 34.6 Å². The summed E-state index contributed by atoms with van der Waals surface area (Å²) in [7, 11) is -3.86. The van der Waals surface area contributed by atoms with Gasteiger partial charge in [0, 0.05) is 5.56 Å². The molecule has 0 aliphatic rings. The molecular weight excluding hydrogens is 436 g/mol. The maximum absolute atomic E-state index is 13.1. The maximum Gasteiger partial charge on any atom is 0.262 e. The van der Waals surface area contributed by atoms with Crippen LogP contribution in [-0.2, 0) is 10.0 Å². The summed E-state index contributed by atoms with van der Waals surface area (Å²) in [5, 5.41) is 2.78. The largest absolute Gasteiger partial charge is 0.492 e. The van der Waals surface area contributed by atoms with Crippen LogP contribution < -0.4 is 14.8 Å². The molecule has 3 aromatic carbocycles. The topological polar surface area (TPSA) is 84.5 Å². The average molecular weight is 467 g/mol. The van der Waals surface area contributed by atoms with Crippen molar-refractivity contribution in [1.29, 1.82) is 0 Å². The number of nitrogens with one attached hydrogen (secondary N) is 2. The van der Waals surface area contributed by atoms with E-state index in [-0.39, 0.29) is 16.4 Å². The molecule has 174 valence electrons. The summed E-state index contributed by atoms with van der Waals surface area (Å²) in [5.74, 6) is 0.385. The zero-order valence-electron chi connectivity index (χ0n) is 19.7. The lowest BCUT2D eigenvalue weighted by atomic mass is 10.1. The van der Waals surface area contributed by atoms with E-state index < -0.39 is 10.0 Å². The van der Waals surface area contributed by atoms with Crippen LogP contribution in [0.25, 0.3) is 0 Å². The van der Waals surface area contributed by atoms with E-state index in [1.807, 2.05) is 58.0 Å². The van der Waals surface area contributed by atoms with Crippen molar-refractivity contribution >= 4 is 21.6 Å². The second-order valence-corrected chi connectivity index (χ2v) is 9.91. The second-order valence-electron chi connectivity index (χ2n) is 8.25. The lowest BCUT2D eigenvalue weighted by Gasteiger charge is -2.14. The molecule has 0 spiro atoms. The Hall–Kier alpha value is -3.32. The number of amides is 1. The van der Waals surface area contributed by atoms with Crippen molar-refractivity contribution in [2.24, 2.45) is 0 Å². The first-order valence-electron chi connectivity index (χ1n) is 10.8. The van der Waals surface area contributed by atoms with E-state index in [2.05, 4.69) is 10.0 Å². The Morgan fingerprint density at radius 2 is 1.52 bits per heavy atom. The first kappa shape index (κ1) is 24.3. The molecule has 0 saturated heterocycles. The van der Waals surface area contributed by atoms with E-state index in [0.717, 1.165) is 22.4 Å². The molecular formula is C26H30N2O4S. The van der Waals surface area contributed by atoms with Crippen LogP contribution in [-0.4, -0.2) is 27.5 Å². The molecule has 33 heavy (non-hydrogen) atoms. The van der Waals surface area contributed by atoms with Gasteiger partial charge in [0.2, 0.25) is 0 Å². The first-order chi connectivity index (χ1) is 15.6. The van der Waals surface area contributed by atoms with Gasteiger partial charge in [0.05, 0.1) is 17.1 Å². The maximum atomic E-state index is 13.1. The van der Waals surface area contributed by atoms with Gasteiger partial charge >= 0.3 is 0 Å². The van der Waals surface area contributed by atoms with Crippen molar-refractivity contribution in [1.82, 2.24) is 5.32 Å². The highest BCUT2D eigenvalue weighted by Crippen LogP contribution is 2.24. The highest BCUT2D eigenvalue weighted by atomic mass is 32.2. The fraction of sp³-hybridized carbons (Fsp3) is 0.269. The van der Waals surface area contributed by atoms with Gasteiger partial charge in [0.25, 0.3) is 15.9 Å². The monoisotopic (exact) mass is 466 g/mol. The Morgan fingerprint density at radius 1 is 0.818 bits per heavy atom. The zero-order valence-corrected chi connectivity index (χ0v) is 20.5. The van der Waals surface area contributed by atoms with E-state index in [4.69, 9.17) is 4.74 Å². The number of rotatable bonds is 8. The molecule has 0 saturated carbocycles. The number of anilines is 1. The zero-order chi connectivity index (χ0) is 24.2. The van der Waals surface area contributed by atoms with E-state index >= 15 is 0 Å². The van der Waals surface area contributed by atoms with Crippen molar-refractivity contribution in [2.45, 2.75) is 39.5 Å². The highest BCUT2D eigenvalue weighted by molar-refractivity contribution is 7.92. The molecule has 2 N–H and O–H groups in total. The predicted molar refractivity (Wildman–Crippen MR) is 132 cm³/mol. The van der Waals surface area contributed by atoms with Gasteiger partial charge in [-0.3, -0.25) is 9.52 Å². The average Bonchev–Trinajstić information content (AvgIpc) is 2.76. The third-order valence-electron chi connectivity index (χ3n) is 5.51. The Labute approximate surface area is 196 Å². The van der Waals surface area contributed by atoms with Gasteiger partial charge in [-0.15, -0.1) is 0 Å². The van der Waals surface area contributed by atoms with Crippen LogP contribution in [0.1, 0.15) is 38.2 Å². The number of ether oxygens (including phenoxy) is 1. The van der Waals surface area contributed by atoms with Gasteiger partial charge in [-0.25, -0.2) is 8.42 Å². The summed E-state index contributed by atoms with van der Waals surface area (Å²) >= 11 is 0. The Balaban J connectivity index is 1.67. The quantitative estimate of drug-likeness (QED) is 0.465. The summed E-state index contributed by atoms with van der Waals surface area (Å²) in [6.07, 6.45) is 0. The van der Waals surface area contributed by atoms with Gasteiger partial charge in [-0.05, 0) is 92.8 Å². The SMILES string of the molecule is Cc1ccc(C)c(NS(=O)(=O)c2cc(C(=O)NCCOc3ccc(C)c(C)c3)ccc2C)c1. The standard InChI is InChI=1S/C26H30N2O4S/c1-17-6-7-19(3)24(14-17)28-33(30,31)25-16-22(10-8-20(25)4)26(29)27-12-13-32-23-11-9-18(2)21(5)15-23/h6-11,14-16,28H,12-13H2,1-5H3,(H,27,29). The number of hydrogen-bond donors (Lipinski definition) is 2. The van der Waals surface area contributed by atoms with E-state index in [1.165, 1.54) is 11.6 Å². The van der Waals surface area contributed by atoms with Gasteiger partial charge in [-0.2, -0.15) is 0 Å². The van der Waals surface area contributed by atoms with Crippen LogP contribution in [0.5, 0.6) is 5.75 Å². The number of hydrogen-bond acceptors (Lipinski definition) is 4. The first-order valence-corrected chi connectivity index (χ1v) is 12.2. The molecule has 0 aliphatic heterocycles. The lowest BCUT2D eigenvalue weighted by Crippen LogP contribution is -2.28. The molecule has 0 fully saturated rings. The van der Waals surface area contributed by atoms with E-state index in [1.54, 1.807) is 25.1 Å². The third kappa shape index (κ3) is 6.14. The highest BCUT2D eigenvalue weighted by Gasteiger charge is 2.20. The second kappa shape index (κ2) is 10.1. The normalized spacial score (nSPS) is 11.2. The molecule has 1 amide bonds. The van der Waals surface area contributed by atoms with Gasteiger partial charge < -0.3 is 10.1 Å². The molecule has 0 bridgehead atoms. The van der Waals surface area contributed by atoms with Crippen molar-refractivity contribution in [2.75, 3.05) is 17.9 Å². The summed E-state index contributed by atoms with van der Waals surface area (Å²) in [4.78, 5) is 12.7. The molecule has 3 rings (SSSR count). The van der Waals surface area contributed by atoms with Gasteiger partial charge in [0.1, 0.15) is 12.4 Å². The third-order valence-corrected chi connectivity index (χ3v) is 7.02. The molecule has 0 heterocycles. The molecule has 0 radical (unpaired) electrons.